The molecule has 0 spiro atoms. The number of aliphatic hydroxyl groups excluding tert-OH is 1. The van der Waals surface area contributed by atoms with E-state index < -0.39 is 0 Å². The largest absolute Gasteiger partial charge is 0.395 e. The SMILES string of the molecule is CC1(C2CC2)CCC(CO)N1. The number of hydrogen-bond donors (Lipinski definition) is 2. The summed E-state index contributed by atoms with van der Waals surface area (Å²) in [5.41, 5.74) is 0.368. The maximum atomic E-state index is 8.94. The van der Waals surface area contributed by atoms with Crippen molar-refractivity contribution in [2.75, 3.05) is 6.61 Å². The molecule has 1 saturated heterocycles. The van der Waals surface area contributed by atoms with Gasteiger partial charge in [-0.1, -0.05) is 0 Å². The Balaban J connectivity index is 1.95. The van der Waals surface area contributed by atoms with Gasteiger partial charge >= 0.3 is 0 Å². The van der Waals surface area contributed by atoms with E-state index in [4.69, 9.17) is 5.11 Å². The average Bonchev–Trinajstić information content (AvgIpc) is 2.77. The van der Waals surface area contributed by atoms with Crippen molar-refractivity contribution in [3.63, 3.8) is 0 Å². The number of nitrogens with one attached hydrogen (secondary N) is 1. The summed E-state index contributed by atoms with van der Waals surface area (Å²) < 4.78 is 0. The smallest absolute Gasteiger partial charge is 0.0584 e. The molecule has 1 saturated carbocycles. The molecule has 2 aliphatic rings. The van der Waals surface area contributed by atoms with Gasteiger partial charge in [0.1, 0.15) is 0 Å². The van der Waals surface area contributed by atoms with Gasteiger partial charge in [0.15, 0.2) is 0 Å². The van der Waals surface area contributed by atoms with Gasteiger partial charge in [0.25, 0.3) is 0 Å². The minimum atomic E-state index is 0.308. The van der Waals surface area contributed by atoms with Gasteiger partial charge in [-0.2, -0.15) is 0 Å². The molecule has 64 valence electrons. The fourth-order valence-corrected chi connectivity index (χ4v) is 2.26. The van der Waals surface area contributed by atoms with Crippen molar-refractivity contribution in [2.45, 2.75) is 44.2 Å². The van der Waals surface area contributed by atoms with Crippen molar-refractivity contribution >= 4 is 0 Å². The van der Waals surface area contributed by atoms with E-state index in [0.717, 1.165) is 12.3 Å². The summed E-state index contributed by atoms with van der Waals surface area (Å²) in [6.07, 6.45) is 5.19. The van der Waals surface area contributed by atoms with Crippen molar-refractivity contribution in [3.05, 3.63) is 0 Å². The zero-order chi connectivity index (χ0) is 7.90. The van der Waals surface area contributed by atoms with Gasteiger partial charge in [0.05, 0.1) is 6.61 Å². The van der Waals surface area contributed by atoms with Crippen LogP contribution in [-0.4, -0.2) is 23.3 Å². The molecule has 2 unspecified atom stereocenters. The van der Waals surface area contributed by atoms with E-state index in [1.54, 1.807) is 0 Å². The molecule has 1 heterocycles. The van der Waals surface area contributed by atoms with Crippen molar-refractivity contribution in [3.8, 4) is 0 Å². The zero-order valence-electron chi connectivity index (χ0n) is 7.14. The van der Waals surface area contributed by atoms with E-state index in [-0.39, 0.29) is 0 Å². The van der Waals surface area contributed by atoms with Gasteiger partial charge in [-0.25, -0.2) is 0 Å². The fourth-order valence-electron chi connectivity index (χ4n) is 2.26. The Morgan fingerprint density at radius 1 is 1.45 bits per heavy atom. The van der Waals surface area contributed by atoms with Crippen LogP contribution in [0.15, 0.2) is 0 Å². The first kappa shape index (κ1) is 7.56. The minimum Gasteiger partial charge on any atom is -0.395 e. The van der Waals surface area contributed by atoms with E-state index >= 15 is 0 Å². The Morgan fingerprint density at radius 2 is 2.18 bits per heavy atom. The van der Waals surface area contributed by atoms with Crippen LogP contribution in [0.2, 0.25) is 0 Å². The molecule has 2 fully saturated rings. The van der Waals surface area contributed by atoms with Crippen molar-refractivity contribution in [1.82, 2.24) is 5.32 Å². The van der Waals surface area contributed by atoms with E-state index in [1.165, 1.54) is 19.3 Å². The predicted molar refractivity (Wildman–Crippen MR) is 44.4 cm³/mol. The lowest BCUT2D eigenvalue weighted by molar-refractivity contribution is 0.236. The van der Waals surface area contributed by atoms with Crippen LogP contribution in [0.1, 0.15) is 32.6 Å². The minimum absolute atomic E-state index is 0.308. The Morgan fingerprint density at radius 3 is 2.64 bits per heavy atom. The van der Waals surface area contributed by atoms with Crippen molar-refractivity contribution in [2.24, 2.45) is 5.92 Å². The number of aliphatic hydroxyl groups is 1. The highest BCUT2D eigenvalue weighted by molar-refractivity contribution is 5.03. The standard InChI is InChI=1S/C9H17NO/c1-9(7-2-3-7)5-4-8(6-11)10-9/h7-8,10-11H,2-6H2,1H3. The van der Waals surface area contributed by atoms with Gasteiger partial charge in [0.2, 0.25) is 0 Å². The lowest BCUT2D eigenvalue weighted by Crippen LogP contribution is -2.43. The van der Waals surface area contributed by atoms with Gasteiger partial charge in [-0.3, -0.25) is 0 Å². The Bertz CT molecular complexity index is 156. The third-order valence-electron chi connectivity index (χ3n) is 3.24. The monoisotopic (exact) mass is 155 g/mol. The molecule has 0 aromatic rings. The van der Waals surface area contributed by atoms with Crippen LogP contribution in [0.25, 0.3) is 0 Å². The summed E-state index contributed by atoms with van der Waals surface area (Å²) in [6, 6.07) is 0.376. The molecule has 1 aliphatic heterocycles. The highest BCUT2D eigenvalue weighted by atomic mass is 16.3. The molecule has 2 heteroatoms. The summed E-state index contributed by atoms with van der Waals surface area (Å²) >= 11 is 0. The Labute approximate surface area is 68.0 Å². The average molecular weight is 155 g/mol. The molecule has 0 bridgehead atoms. The van der Waals surface area contributed by atoms with Crippen LogP contribution < -0.4 is 5.32 Å². The molecule has 0 aromatic heterocycles. The molecule has 2 N–H and O–H groups in total. The summed E-state index contributed by atoms with van der Waals surface area (Å²) in [7, 11) is 0. The Hall–Kier alpha value is -0.0800. The lowest BCUT2D eigenvalue weighted by Gasteiger charge is -2.25. The van der Waals surface area contributed by atoms with Gasteiger partial charge in [0, 0.05) is 11.6 Å². The van der Waals surface area contributed by atoms with Gasteiger partial charge in [-0.15, -0.1) is 0 Å². The molecule has 2 atom stereocenters. The van der Waals surface area contributed by atoms with Crippen LogP contribution in [0, 0.1) is 5.92 Å². The predicted octanol–water partition coefficient (Wildman–Crippen LogP) is 0.899. The second kappa shape index (κ2) is 2.46. The highest BCUT2D eigenvalue weighted by Gasteiger charge is 2.45. The lowest BCUT2D eigenvalue weighted by atomic mass is 9.94. The highest BCUT2D eigenvalue weighted by Crippen LogP contribution is 2.44. The maximum Gasteiger partial charge on any atom is 0.0584 e. The molecule has 11 heavy (non-hydrogen) atoms. The zero-order valence-corrected chi connectivity index (χ0v) is 7.14. The first-order chi connectivity index (χ1) is 5.24. The molecule has 0 aromatic carbocycles. The summed E-state index contributed by atoms with van der Waals surface area (Å²) in [5, 5.41) is 12.5. The molecular formula is C9H17NO. The number of rotatable bonds is 2. The second-order valence-corrected chi connectivity index (χ2v) is 4.25. The van der Waals surface area contributed by atoms with E-state index in [9.17, 15) is 0 Å². The van der Waals surface area contributed by atoms with E-state index in [0.29, 0.717) is 18.2 Å². The molecule has 2 rings (SSSR count). The number of hydrogen-bond acceptors (Lipinski definition) is 2. The quantitative estimate of drug-likeness (QED) is 0.621. The normalized spacial score (nSPS) is 44.7. The van der Waals surface area contributed by atoms with Crippen molar-refractivity contribution in [1.29, 1.82) is 0 Å². The van der Waals surface area contributed by atoms with Gasteiger partial charge < -0.3 is 10.4 Å². The van der Waals surface area contributed by atoms with Crippen LogP contribution in [0.4, 0.5) is 0 Å². The van der Waals surface area contributed by atoms with E-state index in [1.807, 2.05) is 0 Å². The third kappa shape index (κ3) is 1.30. The van der Waals surface area contributed by atoms with Crippen molar-refractivity contribution < 1.29 is 5.11 Å². The molecule has 0 radical (unpaired) electrons. The van der Waals surface area contributed by atoms with E-state index in [2.05, 4.69) is 12.2 Å². The molecular weight excluding hydrogens is 138 g/mol. The molecule has 1 aliphatic carbocycles. The topological polar surface area (TPSA) is 32.3 Å². The summed E-state index contributed by atoms with van der Waals surface area (Å²) in [6.45, 7) is 2.61. The summed E-state index contributed by atoms with van der Waals surface area (Å²) in [4.78, 5) is 0. The van der Waals surface area contributed by atoms with Crippen LogP contribution >= 0.6 is 0 Å². The van der Waals surface area contributed by atoms with Crippen LogP contribution in [0.5, 0.6) is 0 Å². The molecule has 0 amide bonds. The first-order valence-corrected chi connectivity index (χ1v) is 4.63. The Kier molecular flexibility index (Phi) is 1.69. The fraction of sp³-hybridized carbons (Fsp3) is 1.00. The molecule has 2 nitrogen and oxygen atoms in total. The van der Waals surface area contributed by atoms with Crippen LogP contribution in [-0.2, 0) is 0 Å². The maximum absolute atomic E-state index is 8.94. The van der Waals surface area contributed by atoms with Gasteiger partial charge in [-0.05, 0) is 38.5 Å². The third-order valence-corrected chi connectivity index (χ3v) is 3.24. The summed E-state index contributed by atoms with van der Waals surface area (Å²) in [5.74, 6) is 0.902. The second-order valence-electron chi connectivity index (χ2n) is 4.25. The first-order valence-electron chi connectivity index (χ1n) is 4.63. The van der Waals surface area contributed by atoms with Crippen LogP contribution in [0.3, 0.4) is 0 Å².